The SMILES string of the molecule is NCCc1cccc(CCc2csc(CC(N)=O)n2)c1. The minimum Gasteiger partial charge on any atom is -0.369 e. The molecule has 1 aromatic heterocycles. The largest absolute Gasteiger partial charge is 0.369 e. The molecule has 0 aliphatic rings. The van der Waals surface area contributed by atoms with Gasteiger partial charge in [0.15, 0.2) is 0 Å². The van der Waals surface area contributed by atoms with Crippen molar-refractivity contribution in [2.75, 3.05) is 6.54 Å². The average Bonchev–Trinajstić information content (AvgIpc) is 2.84. The minimum absolute atomic E-state index is 0.233. The first kappa shape index (κ1) is 14.7. The van der Waals surface area contributed by atoms with Gasteiger partial charge in [-0.1, -0.05) is 24.3 Å². The molecule has 0 spiro atoms. The molecule has 0 unspecified atom stereocenters. The van der Waals surface area contributed by atoms with E-state index in [1.54, 1.807) is 0 Å². The number of carbonyl (C=O) groups excluding carboxylic acids is 1. The molecule has 106 valence electrons. The van der Waals surface area contributed by atoms with E-state index in [1.165, 1.54) is 22.5 Å². The van der Waals surface area contributed by atoms with Crippen molar-refractivity contribution >= 4 is 17.2 Å². The molecular weight excluding hydrogens is 270 g/mol. The van der Waals surface area contributed by atoms with Crippen LogP contribution in [0.3, 0.4) is 0 Å². The molecule has 2 aromatic rings. The van der Waals surface area contributed by atoms with Gasteiger partial charge in [0, 0.05) is 5.38 Å². The summed E-state index contributed by atoms with van der Waals surface area (Å²) in [5.74, 6) is -0.333. The molecule has 0 aliphatic carbocycles. The van der Waals surface area contributed by atoms with Crippen LogP contribution in [-0.2, 0) is 30.5 Å². The van der Waals surface area contributed by atoms with E-state index in [2.05, 4.69) is 29.2 Å². The van der Waals surface area contributed by atoms with E-state index >= 15 is 0 Å². The topological polar surface area (TPSA) is 82.0 Å². The number of carbonyl (C=O) groups is 1. The van der Waals surface area contributed by atoms with E-state index in [0.29, 0.717) is 6.54 Å². The summed E-state index contributed by atoms with van der Waals surface area (Å²) in [5, 5.41) is 2.80. The van der Waals surface area contributed by atoms with Crippen molar-refractivity contribution in [2.45, 2.75) is 25.7 Å². The first-order chi connectivity index (χ1) is 9.67. The van der Waals surface area contributed by atoms with Gasteiger partial charge >= 0.3 is 0 Å². The van der Waals surface area contributed by atoms with Crippen molar-refractivity contribution in [3.05, 3.63) is 51.5 Å². The van der Waals surface area contributed by atoms with Gasteiger partial charge in [-0.3, -0.25) is 4.79 Å². The molecule has 4 N–H and O–H groups in total. The second kappa shape index (κ2) is 7.17. The van der Waals surface area contributed by atoms with Crippen LogP contribution in [0.2, 0.25) is 0 Å². The van der Waals surface area contributed by atoms with Gasteiger partial charge in [0.1, 0.15) is 5.01 Å². The summed E-state index contributed by atoms with van der Waals surface area (Å²) >= 11 is 1.50. The molecule has 1 heterocycles. The van der Waals surface area contributed by atoms with Crippen molar-refractivity contribution in [1.82, 2.24) is 4.98 Å². The Hall–Kier alpha value is -1.72. The Morgan fingerprint density at radius 3 is 2.65 bits per heavy atom. The number of aryl methyl sites for hydroxylation is 2. The number of amides is 1. The summed E-state index contributed by atoms with van der Waals surface area (Å²) in [5.41, 5.74) is 14.3. The average molecular weight is 289 g/mol. The summed E-state index contributed by atoms with van der Waals surface area (Å²) in [6.07, 6.45) is 2.96. The smallest absolute Gasteiger partial charge is 0.224 e. The van der Waals surface area contributed by atoms with Crippen molar-refractivity contribution < 1.29 is 4.79 Å². The molecule has 5 heteroatoms. The summed E-state index contributed by atoms with van der Waals surface area (Å²) in [7, 11) is 0. The summed E-state index contributed by atoms with van der Waals surface area (Å²) in [4.78, 5) is 15.3. The van der Waals surface area contributed by atoms with Gasteiger partial charge in [-0.25, -0.2) is 4.98 Å². The van der Waals surface area contributed by atoms with E-state index in [-0.39, 0.29) is 12.3 Å². The highest BCUT2D eigenvalue weighted by Gasteiger charge is 2.05. The lowest BCUT2D eigenvalue weighted by Crippen LogP contribution is -2.13. The second-order valence-electron chi connectivity index (χ2n) is 4.73. The number of nitrogens with two attached hydrogens (primary N) is 2. The fourth-order valence-corrected chi connectivity index (χ4v) is 2.91. The number of rotatable bonds is 7. The van der Waals surface area contributed by atoms with Crippen LogP contribution in [0.5, 0.6) is 0 Å². The van der Waals surface area contributed by atoms with Gasteiger partial charge in [-0.2, -0.15) is 0 Å². The third-order valence-electron chi connectivity index (χ3n) is 3.02. The maximum Gasteiger partial charge on any atom is 0.224 e. The van der Waals surface area contributed by atoms with Crippen LogP contribution in [0.25, 0.3) is 0 Å². The van der Waals surface area contributed by atoms with E-state index in [4.69, 9.17) is 11.5 Å². The number of primary amides is 1. The minimum atomic E-state index is -0.333. The lowest BCUT2D eigenvalue weighted by Gasteiger charge is -2.03. The van der Waals surface area contributed by atoms with Gasteiger partial charge in [-0.05, 0) is 36.9 Å². The van der Waals surface area contributed by atoms with E-state index < -0.39 is 0 Å². The lowest BCUT2D eigenvalue weighted by molar-refractivity contribution is -0.117. The molecule has 0 saturated carbocycles. The van der Waals surface area contributed by atoms with Crippen LogP contribution >= 0.6 is 11.3 Å². The van der Waals surface area contributed by atoms with E-state index in [9.17, 15) is 4.79 Å². The van der Waals surface area contributed by atoms with Gasteiger partial charge in [0.2, 0.25) is 5.91 Å². The van der Waals surface area contributed by atoms with Crippen LogP contribution in [0.15, 0.2) is 29.6 Å². The Kier molecular flexibility index (Phi) is 5.26. The number of thiazole rings is 1. The molecule has 4 nitrogen and oxygen atoms in total. The second-order valence-corrected chi connectivity index (χ2v) is 5.68. The van der Waals surface area contributed by atoms with Crippen LogP contribution in [0.1, 0.15) is 21.8 Å². The summed E-state index contributed by atoms with van der Waals surface area (Å²) in [6.45, 7) is 0.673. The monoisotopic (exact) mass is 289 g/mol. The zero-order valence-corrected chi connectivity index (χ0v) is 12.2. The van der Waals surface area contributed by atoms with Crippen LogP contribution < -0.4 is 11.5 Å². The first-order valence-corrected chi connectivity index (χ1v) is 7.55. The Balaban J connectivity index is 1.92. The van der Waals surface area contributed by atoms with Gasteiger partial charge in [0.25, 0.3) is 0 Å². The Morgan fingerprint density at radius 1 is 1.20 bits per heavy atom. The van der Waals surface area contributed by atoms with Crippen molar-refractivity contribution in [1.29, 1.82) is 0 Å². The van der Waals surface area contributed by atoms with Crippen molar-refractivity contribution in [3.8, 4) is 0 Å². The van der Waals surface area contributed by atoms with Crippen LogP contribution in [0.4, 0.5) is 0 Å². The zero-order valence-electron chi connectivity index (χ0n) is 11.3. The van der Waals surface area contributed by atoms with Gasteiger partial charge < -0.3 is 11.5 Å². The maximum atomic E-state index is 10.8. The molecule has 0 atom stereocenters. The van der Waals surface area contributed by atoms with Crippen molar-refractivity contribution in [2.24, 2.45) is 11.5 Å². The maximum absolute atomic E-state index is 10.8. The van der Waals surface area contributed by atoms with E-state index in [0.717, 1.165) is 30.0 Å². The predicted molar refractivity (Wildman–Crippen MR) is 81.6 cm³/mol. The normalized spacial score (nSPS) is 10.7. The van der Waals surface area contributed by atoms with Gasteiger partial charge in [-0.15, -0.1) is 11.3 Å². The first-order valence-electron chi connectivity index (χ1n) is 6.67. The van der Waals surface area contributed by atoms with Crippen LogP contribution in [0, 0.1) is 0 Å². The number of aromatic nitrogens is 1. The Labute approximate surface area is 122 Å². The molecule has 2 rings (SSSR count). The fraction of sp³-hybridized carbons (Fsp3) is 0.333. The predicted octanol–water partition coefficient (Wildman–Crippen LogP) is 1.46. The molecule has 0 fully saturated rings. The third-order valence-corrected chi connectivity index (χ3v) is 3.92. The van der Waals surface area contributed by atoms with Crippen LogP contribution in [-0.4, -0.2) is 17.4 Å². The molecule has 0 aliphatic heterocycles. The molecule has 0 bridgehead atoms. The van der Waals surface area contributed by atoms with Crippen molar-refractivity contribution in [3.63, 3.8) is 0 Å². The zero-order chi connectivity index (χ0) is 14.4. The summed E-state index contributed by atoms with van der Waals surface area (Å²) in [6, 6.07) is 8.49. The Bertz CT molecular complexity index is 580. The quantitative estimate of drug-likeness (QED) is 0.809. The Morgan fingerprint density at radius 2 is 1.95 bits per heavy atom. The number of benzene rings is 1. The highest BCUT2D eigenvalue weighted by molar-refractivity contribution is 7.09. The molecule has 20 heavy (non-hydrogen) atoms. The molecule has 0 radical (unpaired) electrons. The highest BCUT2D eigenvalue weighted by Crippen LogP contribution is 2.14. The number of hydrogen-bond acceptors (Lipinski definition) is 4. The molecular formula is C15H19N3OS. The van der Waals surface area contributed by atoms with E-state index in [1.807, 2.05) is 5.38 Å². The fourth-order valence-electron chi connectivity index (χ4n) is 2.07. The number of nitrogens with zero attached hydrogens (tertiary/aromatic N) is 1. The third kappa shape index (κ3) is 4.43. The molecule has 1 amide bonds. The molecule has 0 saturated heterocycles. The van der Waals surface area contributed by atoms with Gasteiger partial charge in [0.05, 0.1) is 12.1 Å². The standard InChI is InChI=1S/C15H19N3OS/c16-7-6-12-3-1-2-11(8-12)4-5-13-10-20-15(18-13)9-14(17)19/h1-3,8,10H,4-7,9,16H2,(H2,17,19). The summed E-state index contributed by atoms with van der Waals surface area (Å²) < 4.78 is 0. The number of hydrogen-bond donors (Lipinski definition) is 2. The lowest BCUT2D eigenvalue weighted by atomic mass is 10.0. The highest BCUT2D eigenvalue weighted by atomic mass is 32.1. The molecule has 1 aromatic carbocycles.